The first-order chi connectivity index (χ1) is 12.5. The molecule has 5 nitrogen and oxygen atoms in total. The lowest BCUT2D eigenvalue weighted by Crippen LogP contribution is -2.36. The number of hydrogen-bond acceptors (Lipinski definition) is 4. The van der Waals surface area contributed by atoms with Crippen molar-refractivity contribution in [2.45, 2.75) is 19.8 Å². The highest BCUT2D eigenvalue weighted by molar-refractivity contribution is 6.37. The standard InChI is InChI=1S/C19H19Cl2NO4/c1-2-26-18(25)11-14(23)12-22(17(24)9-10-20)16-8-4-6-13-5-3-7-15(21)19(13)16/h3-8H,2,9-12H2,1H3. The van der Waals surface area contributed by atoms with Gasteiger partial charge in [-0.05, 0) is 24.4 Å². The van der Waals surface area contributed by atoms with Gasteiger partial charge in [-0.3, -0.25) is 14.4 Å². The van der Waals surface area contributed by atoms with Gasteiger partial charge in [-0.15, -0.1) is 11.6 Å². The molecule has 7 heteroatoms. The molecule has 0 N–H and O–H groups in total. The molecule has 0 bridgehead atoms. The van der Waals surface area contributed by atoms with Crippen molar-refractivity contribution in [2.75, 3.05) is 23.9 Å². The molecule has 0 heterocycles. The smallest absolute Gasteiger partial charge is 0.313 e. The number of rotatable bonds is 8. The number of fused-ring (bicyclic) bond motifs is 1. The third-order valence-electron chi connectivity index (χ3n) is 3.71. The fraction of sp³-hybridized carbons (Fsp3) is 0.316. The Balaban J connectivity index is 2.38. The van der Waals surface area contributed by atoms with Crippen LogP contribution >= 0.6 is 23.2 Å². The highest BCUT2D eigenvalue weighted by Gasteiger charge is 2.23. The third kappa shape index (κ3) is 4.96. The Morgan fingerprint density at radius 3 is 2.46 bits per heavy atom. The van der Waals surface area contributed by atoms with Crippen LogP contribution in [0.5, 0.6) is 0 Å². The van der Waals surface area contributed by atoms with E-state index in [1.807, 2.05) is 18.2 Å². The molecular formula is C19H19Cl2NO4. The van der Waals surface area contributed by atoms with Crippen LogP contribution in [-0.4, -0.2) is 36.7 Å². The minimum atomic E-state index is -0.613. The van der Waals surface area contributed by atoms with Crippen molar-refractivity contribution in [3.63, 3.8) is 0 Å². The lowest BCUT2D eigenvalue weighted by molar-refractivity contribution is -0.145. The van der Waals surface area contributed by atoms with Gasteiger partial charge in [0, 0.05) is 17.7 Å². The maximum atomic E-state index is 12.6. The van der Waals surface area contributed by atoms with Crippen molar-refractivity contribution in [3.05, 3.63) is 41.4 Å². The van der Waals surface area contributed by atoms with Crippen LogP contribution < -0.4 is 4.90 Å². The number of ketones is 1. The van der Waals surface area contributed by atoms with E-state index < -0.39 is 18.2 Å². The van der Waals surface area contributed by atoms with Crippen molar-refractivity contribution >= 4 is 57.3 Å². The number of halogens is 2. The van der Waals surface area contributed by atoms with Crippen molar-refractivity contribution in [1.82, 2.24) is 0 Å². The van der Waals surface area contributed by atoms with Crippen LogP contribution in [0.25, 0.3) is 10.8 Å². The molecule has 0 aliphatic carbocycles. The third-order valence-corrected chi connectivity index (χ3v) is 4.22. The van der Waals surface area contributed by atoms with Crippen molar-refractivity contribution < 1.29 is 19.1 Å². The molecule has 26 heavy (non-hydrogen) atoms. The number of anilines is 1. The van der Waals surface area contributed by atoms with E-state index in [9.17, 15) is 14.4 Å². The van der Waals surface area contributed by atoms with Crippen LogP contribution in [0.15, 0.2) is 36.4 Å². The van der Waals surface area contributed by atoms with Crippen LogP contribution in [0.1, 0.15) is 19.8 Å². The summed E-state index contributed by atoms with van der Waals surface area (Å²) < 4.78 is 4.79. The monoisotopic (exact) mass is 395 g/mol. The number of benzene rings is 2. The molecule has 2 aromatic rings. The average molecular weight is 396 g/mol. The SMILES string of the molecule is CCOC(=O)CC(=O)CN(C(=O)CCCl)c1cccc2cccc(Cl)c12. The first-order valence-electron chi connectivity index (χ1n) is 8.18. The van der Waals surface area contributed by atoms with Gasteiger partial charge >= 0.3 is 5.97 Å². The zero-order valence-electron chi connectivity index (χ0n) is 14.3. The Hall–Kier alpha value is -2.11. The van der Waals surface area contributed by atoms with E-state index in [4.69, 9.17) is 27.9 Å². The number of esters is 1. The van der Waals surface area contributed by atoms with E-state index in [1.54, 1.807) is 25.1 Å². The Morgan fingerprint density at radius 1 is 1.12 bits per heavy atom. The van der Waals surface area contributed by atoms with Crippen molar-refractivity contribution in [3.8, 4) is 0 Å². The number of carbonyl (C=O) groups is 3. The first kappa shape index (κ1) is 20.2. The Kier molecular flexibility index (Phi) is 7.42. The van der Waals surface area contributed by atoms with Crippen molar-refractivity contribution in [2.24, 2.45) is 0 Å². The van der Waals surface area contributed by atoms with E-state index >= 15 is 0 Å². The molecule has 0 aliphatic heterocycles. The number of nitrogens with zero attached hydrogens (tertiary/aromatic N) is 1. The van der Waals surface area contributed by atoms with E-state index in [0.717, 1.165) is 5.39 Å². The number of hydrogen-bond donors (Lipinski definition) is 0. The van der Waals surface area contributed by atoms with Crippen LogP contribution in [-0.2, 0) is 19.1 Å². The summed E-state index contributed by atoms with van der Waals surface area (Å²) in [5.74, 6) is -1.22. The summed E-state index contributed by atoms with van der Waals surface area (Å²) in [6, 6.07) is 10.8. The first-order valence-corrected chi connectivity index (χ1v) is 9.10. The lowest BCUT2D eigenvalue weighted by atomic mass is 10.1. The fourth-order valence-corrected chi connectivity index (χ4v) is 3.07. The molecule has 0 unspecified atom stereocenters. The molecule has 0 saturated heterocycles. The predicted octanol–water partition coefficient (Wildman–Crippen LogP) is 3.98. The Labute approximate surface area is 161 Å². The molecule has 2 aromatic carbocycles. The zero-order valence-corrected chi connectivity index (χ0v) is 15.8. The number of alkyl halides is 1. The van der Waals surface area contributed by atoms with Gasteiger partial charge in [0.1, 0.15) is 6.42 Å². The second-order valence-electron chi connectivity index (χ2n) is 5.55. The average Bonchev–Trinajstić information content (AvgIpc) is 2.60. The van der Waals surface area contributed by atoms with E-state index in [-0.39, 0.29) is 31.4 Å². The van der Waals surface area contributed by atoms with Gasteiger partial charge in [0.05, 0.1) is 23.9 Å². The zero-order chi connectivity index (χ0) is 19.1. The van der Waals surface area contributed by atoms with E-state index in [2.05, 4.69) is 0 Å². The molecule has 1 amide bonds. The summed E-state index contributed by atoms with van der Waals surface area (Å²) in [4.78, 5) is 37.7. The fourth-order valence-electron chi connectivity index (χ4n) is 2.63. The molecule has 0 spiro atoms. The topological polar surface area (TPSA) is 63.7 Å². The summed E-state index contributed by atoms with van der Waals surface area (Å²) in [6.45, 7) is 1.61. The minimum absolute atomic E-state index is 0.0646. The normalized spacial score (nSPS) is 10.6. The van der Waals surface area contributed by atoms with Gasteiger partial charge in [0.15, 0.2) is 5.78 Å². The number of carbonyl (C=O) groups excluding carboxylic acids is 3. The molecule has 0 radical (unpaired) electrons. The van der Waals surface area contributed by atoms with E-state index in [1.165, 1.54) is 4.90 Å². The number of Topliss-reactive ketones (excluding diaryl/α,β-unsaturated/α-hetero) is 1. The number of ether oxygens (including phenoxy) is 1. The summed E-state index contributed by atoms with van der Waals surface area (Å²) >= 11 is 12.0. The molecule has 138 valence electrons. The quantitative estimate of drug-likeness (QED) is 0.385. The molecule has 0 aliphatic rings. The minimum Gasteiger partial charge on any atom is -0.466 e. The van der Waals surface area contributed by atoms with Gasteiger partial charge in [-0.25, -0.2) is 0 Å². The largest absolute Gasteiger partial charge is 0.466 e. The summed E-state index contributed by atoms with van der Waals surface area (Å²) in [6.07, 6.45) is -0.327. The van der Waals surface area contributed by atoms with Gasteiger partial charge in [0.25, 0.3) is 0 Å². The molecule has 0 saturated carbocycles. The maximum absolute atomic E-state index is 12.6. The van der Waals surface area contributed by atoms with Crippen LogP contribution in [0, 0.1) is 0 Å². The van der Waals surface area contributed by atoms with Crippen LogP contribution in [0.2, 0.25) is 5.02 Å². The highest BCUT2D eigenvalue weighted by atomic mass is 35.5. The van der Waals surface area contributed by atoms with Crippen LogP contribution in [0.3, 0.4) is 0 Å². The molecule has 0 aromatic heterocycles. The van der Waals surface area contributed by atoms with Gasteiger partial charge in [-0.2, -0.15) is 0 Å². The molecule has 2 rings (SSSR count). The Bertz CT molecular complexity index is 817. The molecule has 0 atom stereocenters. The Morgan fingerprint density at radius 2 is 1.81 bits per heavy atom. The van der Waals surface area contributed by atoms with Gasteiger partial charge in [-0.1, -0.05) is 35.9 Å². The predicted molar refractivity (Wildman–Crippen MR) is 103 cm³/mol. The summed E-state index contributed by atoms with van der Waals surface area (Å²) in [5.41, 5.74) is 0.514. The second kappa shape index (κ2) is 9.55. The molecular weight excluding hydrogens is 377 g/mol. The van der Waals surface area contributed by atoms with E-state index in [0.29, 0.717) is 16.1 Å². The summed E-state index contributed by atoms with van der Waals surface area (Å²) in [7, 11) is 0. The molecule has 0 fully saturated rings. The summed E-state index contributed by atoms with van der Waals surface area (Å²) in [5, 5.41) is 1.99. The van der Waals surface area contributed by atoms with Gasteiger partial charge in [0.2, 0.25) is 5.91 Å². The van der Waals surface area contributed by atoms with Gasteiger partial charge < -0.3 is 9.64 Å². The van der Waals surface area contributed by atoms with Crippen LogP contribution in [0.4, 0.5) is 5.69 Å². The highest BCUT2D eigenvalue weighted by Crippen LogP contribution is 2.33. The maximum Gasteiger partial charge on any atom is 0.313 e. The second-order valence-corrected chi connectivity index (χ2v) is 6.34. The number of amides is 1. The lowest BCUT2D eigenvalue weighted by Gasteiger charge is -2.24. The van der Waals surface area contributed by atoms with Crippen molar-refractivity contribution in [1.29, 1.82) is 0 Å².